The number of methoxy groups -OCH3 is 1. The van der Waals surface area contributed by atoms with E-state index in [0.29, 0.717) is 22.1 Å². The molecule has 2 aromatic carbocycles. The number of sulfonamides is 1. The maximum Gasteiger partial charge on any atom is 0.262 e. The van der Waals surface area contributed by atoms with Gasteiger partial charge in [-0.05, 0) is 30.3 Å². The summed E-state index contributed by atoms with van der Waals surface area (Å²) in [7, 11) is -2.30. The molecule has 20 heavy (non-hydrogen) atoms. The Hall–Kier alpha value is -1.92. The highest BCUT2D eigenvalue weighted by molar-refractivity contribution is 7.92. The quantitative estimate of drug-likeness (QED) is 0.851. The van der Waals surface area contributed by atoms with Gasteiger partial charge in [-0.1, -0.05) is 17.7 Å². The second-order valence-corrected chi connectivity index (χ2v) is 6.14. The van der Waals surface area contributed by atoms with E-state index in [0.717, 1.165) is 0 Å². The smallest absolute Gasteiger partial charge is 0.262 e. The van der Waals surface area contributed by atoms with Crippen LogP contribution in [-0.2, 0) is 10.0 Å². The summed E-state index contributed by atoms with van der Waals surface area (Å²) in [6, 6.07) is 10.7. The number of ether oxygens (including phenoxy) is 1. The van der Waals surface area contributed by atoms with Gasteiger partial charge in [0.25, 0.3) is 10.0 Å². The van der Waals surface area contributed by atoms with Crippen molar-refractivity contribution in [2.75, 3.05) is 17.6 Å². The van der Waals surface area contributed by atoms with E-state index in [9.17, 15) is 8.42 Å². The number of nitrogens with one attached hydrogen (secondary N) is 1. The van der Waals surface area contributed by atoms with E-state index in [1.54, 1.807) is 18.2 Å². The van der Waals surface area contributed by atoms with Crippen molar-refractivity contribution in [3.63, 3.8) is 0 Å². The third kappa shape index (κ3) is 3.15. The summed E-state index contributed by atoms with van der Waals surface area (Å²) < 4.78 is 32.0. The molecular weight excluding hydrogens is 300 g/mol. The molecule has 0 spiro atoms. The van der Waals surface area contributed by atoms with Crippen molar-refractivity contribution in [2.45, 2.75) is 4.90 Å². The molecular formula is C13H13ClN2O3S. The summed E-state index contributed by atoms with van der Waals surface area (Å²) >= 11 is 5.80. The minimum absolute atomic E-state index is 0.0730. The zero-order valence-corrected chi connectivity index (χ0v) is 12.2. The van der Waals surface area contributed by atoms with Crippen molar-refractivity contribution >= 4 is 33.0 Å². The van der Waals surface area contributed by atoms with E-state index in [2.05, 4.69) is 4.72 Å². The lowest BCUT2D eigenvalue weighted by molar-refractivity contribution is 0.417. The maximum atomic E-state index is 12.3. The molecule has 0 radical (unpaired) electrons. The summed E-state index contributed by atoms with van der Waals surface area (Å²) in [6.45, 7) is 0. The van der Waals surface area contributed by atoms with E-state index in [-0.39, 0.29) is 4.90 Å². The van der Waals surface area contributed by atoms with Crippen molar-refractivity contribution < 1.29 is 13.2 Å². The molecule has 0 aliphatic heterocycles. The number of hydrogen-bond donors (Lipinski definition) is 2. The van der Waals surface area contributed by atoms with E-state index in [1.165, 1.54) is 31.4 Å². The van der Waals surface area contributed by atoms with Gasteiger partial charge in [-0.2, -0.15) is 0 Å². The Bertz CT molecular complexity index is 732. The zero-order chi connectivity index (χ0) is 14.8. The van der Waals surface area contributed by atoms with Crippen LogP contribution in [0.5, 0.6) is 5.75 Å². The van der Waals surface area contributed by atoms with Crippen LogP contribution in [0.1, 0.15) is 0 Å². The van der Waals surface area contributed by atoms with Crippen LogP contribution in [0.15, 0.2) is 47.4 Å². The van der Waals surface area contributed by atoms with Crippen LogP contribution in [-0.4, -0.2) is 15.5 Å². The maximum absolute atomic E-state index is 12.3. The van der Waals surface area contributed by atoms with Gasteiger partial charge < -0.3 is 10.5 Å². The lowest BCUT2D eigenvalue weighted by Gasteiger charge is -2.12. The predicted molar refractivity (Wildman–Crippen MR) is 79.7 cm³/mol. The van der Waals surface area contributed by atoms with Crippen LogP contribution in [0.25, 0.3) is 0 Å². The Kier molecular flexibility index (Phi) is 4.06. The van der Waals surface area contributed by atoms with Crippen LogP contribution < -0.4 is 15.2 Å². The summed E-state index contributed by atoms with van der Waals surface area (Å²) in [4.78, 5) is 0.0730. The lowest BCUT2D eigenvalue weighted by Crippen LogP contribution is -2.13. The molecule has 0 heterocycles. The average Bonchev–Trinajstić information content (AvgIpc) is 2.40. The number of nitrogens with two attached hydrogens (primary N) is 1. The fourth-order valence-corrected chi connectivity index (χ4v) is 3.00. The van der Waals surface area contributed by atoms with E-state index >= 15 is 0 Å². The molecule has 7 heteroatoms. The van der Waals surface area contributed by atoms with Gasteiger partial charge in [0.05, 0.1) is 17.7 Å². The standard InChI is InChI=1S/C13H13ClN2O3S/c1-19-13-8-10(15)5-6-12(13)16-20(17,18)11-4-2-3-9(14)7-11/h2-8,16H,15H2,1H3. The molecule has 0 aliphatic carbocycles. The van der Waals surface area contributed by atoms with Gasteiger partial charge in [0, 0.05) is 16.8 Å². The predicted octanol–water partition coefficient (Wildman–Crippen LogP) is 2.73. The van der Waals surface area contributed by atoms with Crippen LogP contribution >= 0.6 is 11.6 Å². The SMILES string of the molecule is COc1cc(N)ccc1NS(=O)(=O)c1cccc(Cl)c1. The third-order valence-electron chi connectivity index (χ3n) is 2.58. The Morgan fingerprint density at radius 1 is 1.20 bits per heavy atom. The highest BCUT2D eigenvalue weighted by atomic mass is 35.5. The van der Waals surface area contributed by atoms with Gasteiger partial charge in [-0.15, -0.1) is 0 Å². The fraction of sp³-hybridized carbons (Fsp3) is 0.0769. The van der Waals surface area contributed by atoms with Crippen molar-refractivity contribution in [3.05, 3.63) is 47.5 Å². The summed E-state index contributed by atoms with van der Waals surface area (Å²) in [5, 5.41) is 0.345. The largest absolute Gasteiger partial charge is 0.494 e. The molecule has 2 rings (SSSR count). The summed E-state index contributed by atoms with van der Waals surface area (Å²) in [6.07, 6.45) is 0. The Morgan fingerprint density at radius 3 is 2.60 bits per heavy atom. The second-order valence-electron chi connectivity index (χ2n) is 4.02. The first-order chi connectivity index (χ1) is 9.42. The molecule has 0 fully saturated rings. The first kappa shape index (κ1) is 14.5. The second kappa shape index (κ2) is 5.60. The molecule has 5 nitrogen and oxygen atoms in total. The van der Waals surface area contributed by atoms with E-state index < -0.39 is 10.0 Å². The highest BCUT2D eigenvalue weighted by Crippen LogP contribution is 2.29. The average molecular weight is 313 g/mol. The Morgan fingerprint density at radius 2 is 1.95 bits per heavy atom. The monoisotopic (exact) mass is 312 g/mol. The Balaban J connectivity index is 2.38. The third-order valence-corrected chi connectivity index (χ3v) is 4.17. The summed E-state index contributed by atoms with van der Waals surface area (Å²) in [5.41, 5.74) is 6.41. The fourth-order valence-electron chi connectivity index (χ4n) is 1.63. The zero-order valence-electron chi connectivity index (χ0n) is 10.6. The van der Waals surface area contributed by atoms with Crippen LogP contribution in [0, 0.1) is 0 Å². The van der Waals surface area contributed by atoms with Crippen molar-refractivity contribution in [1.29, 1.82) is 0 Å². The number of halogens is 1. The number of nitrogen functional groups attached to an aromatic ring is 1. The molecule has 0 unspecified atom stereocenters. The van der Waals surface area contributed by atoms with Crippen LogP contribution in [0.2, 0.25) is 5.02 Å². The first-order valence-corrected chi connectivity index (χ1v) is 7.50. The molecule has 3 N–H and O–H groups in total. The van der Waals surface area contributed by atoms with Crippen LogP contribution in [0.3, 0.4) is 0 Å². The van der Waals surface area contributed by atoms with Gasteiger partial charge >= 0.3 is 0 Å². The molecule has 0 aliphatic rings. The first-order valence-electron chi connectivity index (χ1n) is 5.64. The van der Waals surface area contributed by atoms with Crippen molar-refractivity contribution in [1.82, 2.24) is 0 Å². The highest BCUT2D eigenvalue weighted by Gasteiger charge is 2.16. The minimum Gasteiger partial charge on any atom is -0.494 e. The molecule has 0 atom stereocenters. The number of hydrogen-bond acceptors (Lipinski definition) is 4. The normalized spacial score (nSPS) is 11.1. The van der Waals surface area contributed by atoms with Gasteiger partial charge in [-0.3, -0.25) is 4.72 Å². The number of benzene rings is 2. The number of rotatable bonds is 4. The molecule has 0 aromatic heterocycles. The molecule has 0 saturated heterocycles. The molecule has 0 saturated carbocycles. The van der Waals surface area contributed by atoms with Crippen molar-refractivity contribution in [2.24, 2.45) is 0 Å². The van der Waals surface area contributed by atoms with Crippen molar-refractivity contribution in [3.8, 4) is 5.75 Å². The van der Waals surface area contributed by atoms with Gasteiger partial charge in [0.15, 0.2) is 0 Å². The molecule has 106 valence electrons. The van der Waals surface area contributed by atoms with Gasteiger partial charge in [-0.25, -0.2) is 8.42 Å². The van der Waals surface area contributed by atoms with Gasteiger partial charge in [0.1, 0.15) is 5.75 Å². The van der Waals surface area contributed by atoms with Crippen LogP contribution in [0.4, 0.5) is 11.4 Å². The molecule has 0 amide bonds. The van der Waals surface area contributed by atoms with E-state index in [1.807, 2.05) is 0 Å². The number of anilines is 2. The topological polar surface area (TPSA) is 81.4 Å². The lowest BCUT2D eigenvalue weighted by atomic mass is 10.2. The van der Waals surface area contributed by atoms with Gasteiger partial charge in [0.2, 0.25) is 0 Å². The minimum atomic E-state index is -3.74. The van der Waals surface area contributed by atoms with E-state index in [4.69, 9.17) is 22.1 Å². The molecule has 2 aromatic rings. The molecule has 0 bridgehead atoms. The summed E-state index contributed by atoms with van der Waals surface area (Å²) in [5.74, 6) is 0.343. The Labute approximate surface area is 122 Å².